The lowest BCUT2D eigenvalue weighted by Crippen LogP contribution is -1.98. The first kappa shape index (κ1) is 12.5. The predicted octanol–water partition coefficient (Wildman–Crippen LogP) is 5.11. The summed E-state index contributed by atoms with van der Waals surface area (Å²) in [6.45, 7) is 13.6. The number of hydrogen-bond donors (Lipinski definition) is 0. The molecule has 0 nitrogen and oxygen atoms in total. The summed E-state index contributed by atoms with van der Waals surface area (Å²) in [7, 11) is 0. The van der Waals surface area contributed by atoms with E-state index in [2.05, 4.69) is 53.7 Å². The van der Waals surface area contributed by atoms with Gasteiger partial charge in [-0.25, -0.2) is 0 Å². The van der Waals surface area contributed by atoms with Gasteiger partial charge in [0.05, 0.1) is 0 Å². The highest BCUT2D eigenvalue weighted by atomic mass is 14.3. The van der Waals surface area contributed by atoms with Gasteiger partial charge in [0.1, 0.15) is 0 Å². The summed E-state index contributed by atoms with van der Waals surface area (Å²) in [6, 6.07) is 4.60. The van der Waals surface area contributed by atoms with Crippen molar-refractivity contribution in [2.24, 2.45) is 0 Å². The molecule has 0 aromatic heterocycles. The third-order valence-electron chi connectivity index (χ3n) is 5.31. The molecule has 98 valence electrons. The zero-order valence-corrected chi connectivity index (χ0v) is 12.9. The molecule has 2 aromatic carbocycles. The van der Waals surface area contributed by atoms with Crippen molar-refractivity contribution >= 4 is 0 Å². The molecule has 19 heavy (non-hydrogen) atoms. The first-order chi connectivity index (χ1) is 8.93. The van der Waals surface area contributed by atoms with Crippen LogP contribution in [0.1, 0.15) is 44.5 Å². The summed E-state index contributed by atoms with van der Waals surface area (Å²) in [5.41, 5.74) is 14.9. The Labute approximate surface area is 116 Å². The summed E-state index contributed by atoms with van der Waals surface area (Å²) >= 11 is 0. The maximum absolute atomic E-state index is 2.32. The van der Waals surface area contributed by atoms with Crippen LogP contribution < -0.4 is 0 Å². The Morgan fingerprint density at radius 3 is 1.95 bits per heavy atom. The van der Waals surface area contributed by atoms with E-state index in [1.54, 1.807) is 11.1 Å². The van der Waals surface area contributed by atoms with E-state index in [0.29, 0.717) is 0 Å². The molecule has 0 radical (unpaired) electrons. The Morgan fingerprint density at radius 2 is 1.26 bits per heavy atom. The van der Waals surface area contributed by atoms with Gasteiger partial charge in [0.2, 0.25) is 0 Å². The maximum atomic E-state index is 2.32. The van der Waals surface area contributed by atoms with Crippen LogP contribution in [0.5, 0.6) is 0 Å². The number of rotatable bonds is 0. The largest absolute Gasteiger partial charge is 0.0584 e. The minimum absolute atomic E-state index is 1.12. The fraction of sp³-hybridized carbons (Fsp3) is 0.368. The average molecular weight is 250 g/mol. The Morgan fingerprint density at radius 1 is 0.632 bits per heavy atom. The molecule has 0 atom stereocenters. The van der Waals surface area contributed by atoms with E-state index in [1.165, 1.54) is 44.5 Å². The minimum Gasteiger partial charge on any atom is -0.0584 e. The van der Waals surface area contributed by atoms with E-state index in [1.807, 2.05) is 0 Å². The Balaban J connectivity index is 2.40. The van der Waals surface area contributed by atoms with Gasteiger partial charge < -0.3 is 0 Å². The monoisotopic (exact) mass is 250 g/mol. The lowest BCUT2D eigenvalue weighted by Gasteiger charge is -2.16. The highest BCUT2D eigenvalue weighted by molar-refractivity contribution is 5.83. The molecule has 2 aromatic rings. The summed E-state index contributed by atoms with van der Waals surface area (Å²) in [5, 5.41) is 0. The molecule has 0 N–H and O–H groups in total. The van der Waals surface area contributed by atoms with Crippen LogP contribution in [-0.2, 0) is 6.42 Å². The SMILES string of the molecule is Cc1ccc2c(c1C)Cc1c(C)c(C)c(C)c(C)c1-2. The van der Waals surface area contributed by atoms with E-state index in [0.717, 1.165) is 6.42 Å². The second-order valence-corrected chi connectivity index (χ2v) is 6.06. The predicted molar refractivity (Wildman–Crippen MR) is 83.1 cm³/mol. The summed E-state index contributed by atoms with van der Waals surface area (Å²) in [5.74, 6) is 0. The van der Waals surface area contributed by atoms with Crippen molar-refractivity contribution in [1.82, 2.24) is 0 Å². The summed E-state index contributed by atoms with van der Waals surface area (Å²) in [4.78, 5) is 0. The maximum Gasteiger partial charge on any atom is -0.000789 e. The quantitative estimate of drug-likeness (QED) is 0.520. The van der Waals surface area contributed by atoms with Crippen LogP contribution in [-0.4, -0.2) is 0 Å². The third-order valence-corrected chi connectivity index (χ3v) is 5.31. The summed E-state index contributed by atoms with van der Waals surface area (Å²) in [6.07, 6.45) is 1.12. The van der Waals surface area contributed by atoms with Gasteiger partial charge in [-0.2, -0.15) is 0 Å². The first-order valence-corrected chi connectivity index (χ1v) is 7.12. The highest BCUT2D eigenvalue weighted by Gasteiger charge is 2.25. The number of hydrogen-bond acceptors (Lipinski definition) is 0. The van der Waals surface area contributed by atoms with Gasteiger partial charge in [0.25, 0.3) is 0 Å². The van der Waals surface area contributed by atoms with E-state index in [4.69, 9.17) is 0 Å². The molecule has 0 saturated carbocycles. The van der Waals surface area contributed by atoms with E-state index >= 15 is 0 Å². The molecule has 0 bridgehead atoms. The minimum atomic E-state index is 1.12. The van der Waals surface area contributed by atoms with E-state index in [9.17, 15) is 0 Å². The van der Waals surface area contributed by atoms with Gasteiger partial charge in [-0.15, -0.1) is 0 Å². The van der Waals surface area contributed by atoms with Crippen LogP contribution >= 0.6 is 0 Å². The number of fused-ring (bicyclic) bond motifs is 3. The van der Waals surface area contributed by atoms with Crippen LogP contribution in [0.4, 0.5) is 0 Å². The standard InChI is InChI=1S/C19H22/c1-10-7-8-16-17(11(10)2)9-18-14(5)12(3)13(4)15(6)19(16)18/h7-8H,9H2,1-6H3. The molecule has 0 heteroatoms. The smallest absolute Gasteiger partial charge is 0.000789 e. The Hall–Kier alpha value is -1.56. The van der Waals surface area contributed by atoms with E-state index < -0.39 is 0 Å². The molecular weight excluding hydrogens is 228 g/mol. The molecular formula is C19H22. The second-order valence-electron chi connectivity index (χ2n) is 6.06. The van der Waals surface area contributed by atoms with Gasteiger partial charge in [-0.05, 0) is 104 Å². The van der Waals surface area contributed by atoms with Crippen molar-refractivity contribution in [3.8, 4) is 11.1 Å². The van der Waals surface area contributed by atoms with Gasteiger partial charge >= 0.3 is 0 Å². The molecule has 0 aliphatic heterocycles. The molecule has 0 spiro atoms. The van der Waals surface area contributed by atoms with Crippen molar-refractivity contribution in [1.29, 1.82) is 0 Å². The topological polar surface area (TPSA) is 0 Å². The van der Waals surface area contributed by atoms with Crippen LogP contribution in [0.3, 0.4) is 0 Å². The molecule has 1 aliphatic rings. The molecule has 0 unspecified atom stereocenters. The second kappa shape index (κ2) is 3.96. The molecule has 0 saturated heterocycles. The van der Waals surface area contributed by atoms with Gasteiger partial charge in [-0.3, -0.25) is 0 Å². The fourth-order valence-corrected chi connectivity index (χ4v) is 3.49. The van der Waals surface area contributed by atoms with Crippen LogP contribution in [0.2, 0.25) is 0 Å². The lowest BCUT2D eigenvalue weighted by molar-refractivity contribution is 1.13. The first-order valence-electron chi connectivity index (χ1n) is 7.12. The van der Waals surface area contributed by atoms with Gasteiger partial charge in [0.15, 0.2) is 0 Å². The van der Waals surface area contributed by atoms with Crippen molar-refractivity contribution in [2.45, 2.75) is 48.0 Å². The normalized spacial score (nSPS) is 12.5. The van der Waals surface area contributed by atoms with Crippen LogP contribution in [0, 0.1) is 41.5 Å². The van der Waals surface area contributed by atoms with Crippen molar-refractivity contribution in [2.75, 3.05) is 0 Å². The zero-order valence-electron chi connectivity index (χ0n) is 12.9. The number of benzene rings is 2. The van der Waals surface area contributed by atoms with Crippen molar-refractivity contribution in [3.05, 3.63) is 56.6 Å². The summed E-state index contributed by atoms with van der Waals surface area (Å²) < 4.78 is 0. The molecule has 0 fully saturated rings. The molecule has 3 rings (SSSR count). The van der Waals surface area contributed by atoms with Crippen LogP contribution in [0.25, 0.3) is 11.1 Å². The average Bonchev–Trinajstić information content (AvgIpc) is 2.78. The third kappa shape index (κ3) is 1.52. The van der Waals surface area contributed by atoms with Crippen molar-refractivity contribution in [3.63, 3.8) is 0 Å². The molecule has 0 amide bonds. The van der Waals surface area contributed by atoms with E-state index in [-0.39, 0.29) is 0 Å². The van der Waals surface area contributed by atoms with Gasteiger partial charge in [0, 0.05) is 0 Å². The number of aryl methyl sites for hydroxylation is 1. The molecule has 1 aliphatic carbocycles. The fourth-order valence-electron chi connectivity index (χ4n) is 3.49. The van der Waals surface area contributed by atoms with Crippen molar-refractivity contribution < 1.29 is 0 Å². The van der Waals surface area contributed by atoms with Gasteiger partial charge in [-0.1, -0.05) is 12.1 Å². The Bertz CT molecular complexity index is 703. The Kier molecular flexibility index (Phi) is 2.60. The molecule has 0 heterocycles. The van der Waals surface area contributed by atoms with Crippen LogP contribution in [0.15, 0.2) is 12.1 Å². The lowest BCUT2D eigenvalue weighted by atomic mass is 9.89. The zero-order chi connectivity index (χ0) is 13.9. The highest BCUT2D eigenvalue weighted by Crippen LogP contribution is 2.44.